The number of aromatic nitrogens is 1. The monoisotopic (exact) mass is 414 g/mol. The quantitative estimate of drug-likeness (QED) is 0.561. The minimum atomic E-state index is -0.700. The van der Waals surface area contributed by atoms with Gasteiger partial charge >= 0.3 is 0 Å². The molecular formula is C20H23FN6OS. The second-order valence-electron chi connectivity index (χ2n) is 7.69. The third-order valence-corrected chi connectivity index (χ3v) is 6.51. The van der Waals surface area contributed by atoms with Gasteiger partial charge in [0.25, 0.3) is 5.91 Å². The second-order valence-corrected chi connectivity index (χ2v) is 8.66. The molecule has 152 valence electrons. The summed E-state index contributed by atoms with van der Waals surface area (Å²) in [5, 5.41) is 17.4. The molecule has 0 unspecified atom stereocenters. The van der Waals surface area contributed by atoms with Crippen molar-refractivity contribution in [2.24, 2.45) is 11.1 Å². The lowest BCUT2D eigenvalue weighted by atomic mass is 9.74. The van der Waals surface area contributed by atoms with Gasteiger partial charge in [0, 0.05) is 23.4 Å². The van der Waals surface area contributed by atoms with Crippen LogP contribution >= 0.6 is 11.3 Å². The van der Waals surface area contributed by atoms with E-state index in [0.29, 0.717) is 17.2 Å². The number of likely N-dealkylation sites (tertiary alicyclic amines) is 1. The standard InChI is InChI=1S/C20H23FN6OS/c1-20(2-5-27(6-3-20)11-16-24-4-7-29-16)14(10-22)19-25-15-9-12(21)8-13(18(23)28)17(15)26-19/h4,7-10,22,25-26H,2-3,5-6,11H2,1H3,(H2,23,28)/b19-14+,22-10?. The molecule has 0 bridgehead atoms. The number of hydrogen-bond acceptors (Lipinski definition) is 7. The Bertz CT molecular complexity index is 979. The van der Waals surface area contributed by atoms with Gasteiger partial charge in [-0.2, -0.15) is 0 Å². The minimum Gasteiger partial charge on any atom is -0.366 e. The van der Waals surface area contributed by atoms with Gasteiger partial charge in [-0.05, 0) is 43.5 Å². The van der Waals surface area contributed by atoms with Crippen molar-refractivity contribution in [2.75, 3.05) is 23.7 Å². The highest BCUT2D eigenvalue weighted by Crippen LogP contribution is 2.43. The van der Waals surface area contributed by atoms with Crippen molar-refractivity contribution in [3.8, 4) is 0 Å². The number of carbonyl (C=O) groups excluding carboxylic acids is 1. The average molecular weight is 415 g/mol. The summed E-state index contributed by atoms with van der Waals surface area (Å²) in [5.74, 6) is -0.625. The van der Waals surface area contributed by atoms with Gasteiger partial charge in [0.15, 0.2) is 0 Å². The molecule has 0 atom stereocenters. The van der Waals surface area contributed by atoms with Crippen LogP contribution in [0.2, 0.25) is 0 Å². The number of halogens is 1. The van der Waals surface area contributed by atoms with E-state index in [0.717, 1.165) is 49.1 Å². The van der Waals surface area contributed by atoms with Gasteiger partial charge in [-0.25, -0.2) is 9.37 Å². The summed E-state index contributed by atoms with van der Waals surface area (Å²) in [4.78, 5) is 18.4. The van der Waals surface area contributed by atoms with E-state index >= 15 is 0 Å². The van der Waals surface area contributed by atoms with E-state index in [1.54, 1.807) is 11.3 Å². The fourth-order valence-corrected chi connectivity index (χ4v) is 4.66. The average Bonchev–Trinajstić information content (AvgIpc) is 3.33. The maximum absolute atomic E-state index is 13.9. The molecule has 1 fully saturated rings. The maximum Gasteiger partial charge on any atom is 0.250 e. The van der Waals surface area contributed by atoms with Gasteiger partial charge in [-0.3, -0.25) is 9.69 Å². The Kier molecular flexibility index (Phi) is 5.10. The lowest BCUT2D eigenvalue weighted by Crippen LogP contribution is -2.40. The van der Waals surface area contributed by atoms with Crippen LogP contribution in [0.4, 0.5) is 15.8 Å². The largest absolute Gasteiger partial charge is 0.366 e. The molecule has 0 spiro atoms. The number of nitrogens with one attached hydrogen (secondary N) is 3. The third kappa shape index (κ3) is 3.75. The Labute approximate surface area is 172 Å². The summed E-state index contributed by atoms with van der Waals surface area (Å²) in [6.07, 6.45) is 4.93. The number of anilines is 2. The van der Waals surface area contributed by atoms with Gasteiger partial charge < -0.3 is 21.8 Å². The Morgan fingerprint density at radius 3 is 2.79 bits per heavy atom. The van der Waals surface area contributed by atoms with Crippen LogP contribution in [-0.4, -0.2) is 35.1 Å². The number of primary amides is 1. The molecule has 3 heterocycles. The first-order valence-electron chi connectivity index (χ1n) is 9.43. The van der Waals surface area contributed by atoms with E-state index < -0.39 is 11.7 Å². The number of allylic oxidation sites excluding steroid dienone is 1. The molecular weight excluding hydrogens is 391 g/mol. The van der Waals surface area contributed by atoms with Crippen LogP contribution in [0, 0.1) is 16.6 Å². The number of carbonyl (C=O) groups is 1. The molecule has 1 saturated heterocycles. The lowest BCUT2D eigenvalue weighted by Gasteiger charge is -2.40. The van der Waals surface area contributed by atoms with Crippen molar-refractivity contribution in [1.82, 2.24) is 9.88 Å². The van der Waals surface area contributed by atoms with Crippen molar-refractivity contribution in [2.45, 2.75) is 26.3 Å². The normalized spacial score (nSPS) is 19.8. The molecule has 2 aromatic rings. The first kappa shape index (κ1) is 19.5. The summed E-state index contributed by atoms with van der Waals surface area (Å²) < 4.78 is 13.9. The van der Waals surface area contributed by atoms with E-state index in [9.17, 15) is 9.18 Å². The predicted molar refractivity (Wildman–Crippen MR) is 113 cm³/mol. The van der Waals surface area contributed by atoms with Gasteiger partial charge in [-0.1, -0.05) is 6.92 Å². The smallest absolute Gasteiger partial charge is 0.250 e. The minimum absolute atomic E-state index is 0.0928. The topological polar surface area (TPSA) is 107 Å². The van der Waals surface area contributed by atoms with Crippen LogP contribution in [0.1, 0.15) is 35.1 Å². The molecule has 0 radical (unpaired) electrons. The van der Waals surface area contributed by atoms with Crippen molar-refractivity contribution >= 4 is 34.8 Å². The fourth-order valence-electron chi connectivity index (χ4n) is 4.00. The fraction of sp³-hybridized carbons (Fsp3) is 0.350. The van der Waals surface area contributed by atoms with Crippen molar-refractivity contribution in [3.05, 3.63) is 51.5 Å². The van der Waals surface area contributed by atoms with E-state index in [-0.39, 0.29) is 11.0 Å². The first-order chi connectivity index (χ1) is 13.9. The third-order valence-electron chi connectivity index (χ3n) is 5.74. The molecule has 5 N–H and O–H groups in total. The Morgan fingerprint density at radius 1 is 1.41 bits per heavy atom. The Morgan fingerprint density at radius 2 is 2.17 bits per heavy atom. The summed E-state index contributed by atoms with van der Waals surface area (Å²) in [6.45, 7) is 4.78. The molecule has 0 aliphatic carbocycles. The Hall–Kier alpha value is -2.78. The zero-order chi connectivity index (χ0) is 20.6. The highest BCUT2D eigenvalue weighted by atomic mass is 32.1. The molecule has 1 aromatic heterocycles. The predicted octanol–water partition coefficient (Wildman–Crippen LogP) is 3.38. The number of thiazole rings is 1. The van der Waals surface area contributed by atoms with Gasteiger partial charge in [0.2, 0.25) is 0 Å². The SMILES string of the molecule is CC1(/C(C=N)=C2\Nc3cc(F)cc(C(N)=O)c3N2)CCN(Cc2nccs2)CC1. The molecule has 7 nitrogen and oxygen atoms in total. The van der Waals surface area contributed by atoms with Crippen LogP contribution < -0.4 is 16.4 Å². The van der Waals surface area contributed by atoms with E-state index in [2.05, 4.69) is 27.4 Å². The van der Waals surface area contributed by atoms with Crippen LogP contribution in [0.15, 0.2) is 35.1 Å². The van der Waals surface area contributed by atoms with Crippen molar-refractivity contribution in [3.63, 3.8) is 0 Å². The summed E-state index contributed by atoms with van der Waals surface area (Å²) in [7, 11) is 0. The summed E-state index contributed by atoms with van der Waals surface area (Å²) >= 11 is 1.66. The van der Waals surface area contributed by atoms with Gasteiger partial charge in [0.05, 0.1) is 23.5 Å². The molecule has 0 saturated carbocycles. The highest BCUT2D eigenvalue weighted by Gasteiger charge is 2.36. The van der Waals surface area contributed by atoms with E-state index in [1.807, 2.05) is 11.6 Å². The molecule has 9 heteroatoms. The lowest BCUT2D eigenvalue weighted by molar-refractivity contribution is 0.100. The number of piperidine rings is 1. The number of hydrogen-bond donors (Lipinski definition) is 4. The molecule has 4 rings (SSSR count). The summed E-state index contributed by atoms with van der Waals surface area (Å²) in [5.41, 5.74) is 7.00. The zero-order valence-corrected chi connectivity index (χ0v) is 16.9. The highest BCUT2D eigenvalue weighted by molar-refractivity contribution is 7.09. The maximum atomic E-state index is 13.9. The number of nitrogens with zero attached hydrogens (tertiary/aromatic N) is 2. The van der Waals surface area contributed by atoms with E-state index in [1.165, 1.54) is 12.3 Å². The number of benzene rings is 1. The van der Waals surface area contributed by atoms with Crippen molar-refractivity contribution < 1.29 is 9.18 Å². The molecule has 1 amide bonds. The second kappa shape index (κ2) is 7.57. The van der Waals surface area contributed by atoms with E-state index in [4.69, 9.17) is 11.1 Å². The molecule has 1 aromatic carbocycles. The van der Waals surface area contributed by atoms with Crippen LogP contribution in [-0.2, 0) is 6.54 Å². The van der Waals surface area contributed by atoms with Crippen molar-refractivity contribution in [1.29, 1.82) is 5.41 Å². The van der Waals surface area contributed by atoms with Gasteiger partial charge in [-0.15, -0.1) is 11.3 Å². The van der Waals surface area contributed by atoms with Gasteiger partial charge in [0.1, 0.15) is 16.6 Å². The van der Waals surface area contributed by atoms with Crippen LogP contribution in [0.5, 0.6) is 0 Å². The number of rotatable bonds is 5. The number of fused-ring (bicyclic) bond motifs is 1. The summed E-state index contributed by atoms with van der Waals surface area (Å²) in [6, 6.07) is 2.45. The molecule has 2 aliphatic heterocycles. The number of amides is 1. The zero-order valence-electron chi connectivity index (χ0n) is 16.1. The molecule has 2 aliphatic rings. The number of nitrogens with two attached hydrogens (primary N) is 1. The molecule has 29 heavy (non-hydrogen) atoms. The van der Waals surface area contributed by atoms with Crippen LogP contribution in [0.25, 0.3) is 0 Å². The Balaban J connectivity index is 1.56. The van der Waals surface area contributed by atoms with Crippen LogP contribution in [0.3, 0.4) is 0 Å². The first-order valence-corrected chi connectivity index (χ1v) is 10.3.